The van der Waals surface area contributed by atoms with Gasteiger partial charge >= 0.3 is 5.97 Å². The molecule has 3 heteroatoms. The van der Waals surface area contributed by atoms with Gasteiger partial charge in [0.1, 0.15) is 0 Å². The first-order chi connectivity index (χ1) is 8.56. The molecule has 0 spiro atoms. The molecule has 2 nitrogen and oxygen atoms in total. The number of benzene rings is 1. The van der Waals surface area contributed by atoms with Crippen LogP contribution in [0.25, 0.3) is 0 Å². The number of carbonyl (C=O) groups is 1. The normalized spacial score (nSPS) is 28.0. The highest BCUT2D eigenvalue weighted by atomic mass is 32.2. The second-order valence-corrected chi connectivity index (χ2v) is 6.65. The molecule has 1 aliphatic carbocycles. The first kappa shape index (κ1) is 13.5. The molecule has 3 unspecified atom stereocenters. The van der Waals surface area contributed by atoms with E-state index >= 15 is 0 Å². The van der Waals surface area contributed by atoms with Gasteiger partial charge in [-0.25, -0.2) is 0 Å². The fourth-order valence-corrected chi connectivity index (χ4v) is 4.21. The molecule has 98 valence electrons. The van der Waals surface area contributed by atoms with Crippen LogP contribution in [0.1, 0.15) is 31.7 Å². The van der Waals surface area contributed by atoms with Crippen LogP contribution < -0.4 is 0 Å². The largest absolute Gasteiger partial charge is 0.481 e. The Morgan fingerprint density at radius 3 is 2.83 bits per heavy atom. The minimum atomic E-state index is -0.632. The highest BCUT2D eigenvalue weighted by molar-refractivity contribution is 8.00. The lowest BCUT2D eigenvalue weighted by Gasteiger charge is -2.31. The molecule has 1 aromatic carbocycles. The van der Waals surface area contributed by atoms with E-state index in [9.17, 15) is 9.90 Å². The van der Waals surface area contributed by atoms with E-state index in [-0.39, 0.29) is 11.2 Å². The average molecular weight is 264 g/mol. The van der Waals surface area contributed by atoms with E-state index in [1.807, 2.05) is 6.07 Å². The van der Waals surface area contributed by atoms with Crippen LogP contribution in [0.5, 0.6) is 0 Å². The Bertz CT molecular complexity index is 430. The lowest BCUT2D eigenvalue weighted by molar-refractivity contribution is -0.142. The third-order valence-corrected chi connectivity index (χ3v) is 5.00. The first-order valence-electron chi connectivity index (χ1n) is 6.52. The molecule has 0 amide bonds. The summed E-state index contributed by atoms with van der Waals surface area (Å²) in [6, 6.07) is 8.33. The Hall–Kier alpha value is -0.960. The molecule has 1 N–H and O–H groups in total. The molecule has 1 saturated carbocycles. The molecule has 18 heavy (non-hydrogen) atoms. The summed E-state index contributed by atoms with van der Waals surface area (Å²) in [5, 5.41) is 9.53. The summed E-state index contributed by atoms with van der Waals surface area (Å²) in [6.45, 7) is 4.30. The second kappa shape index (κ2) is 5.79. The fourth-order valence-electron chi connectivity index (χ4n) is 2.60. The van der Waals surface area contributed by atoms with Gasteiger partial charge in [-0.3, -0.25) is 4.79 Å². The number of aryl methyl sites for hydroxylation is 1. The highest BCUT2D eigenvalue weighted by Crippen LogP contribution is 2.40. The van der Waals surface area contributed by atoms with Crippen molar-refractivity contribution >= 4 is 17.7 Å². The van der Waals surface area contributed by atoms with Crippen LogP contribution in [-0.2, 0) is 4.79 Å². The molecule has 0 radical (unpaired) electrons. The van der Waals surface area contributed by atoms with Crippen LogP contribution in [0.4, 0.5) is 0 Å². The van der Waals surface area contributed by atoms with Crippen molar-refractivity contribution in [3.8, 4) is 0 Å². The van der Waals surface area contributed by atoms with E-state index in [1.165, 1.54) is 10.5 Å². The van der Waals surface area contributed by atoms with Crippen molar-refractivity contribution in [2.24, 2.45) is 11.8 Å². The lowest BCUT2D eigenvalue weighted by Crippen LogP contribution is -2.32. The van der Waals surface area contributed by atoms with Gasteiger partial charge in [-0.05, 0) is 44.2 Å². The summed E-state index contributed by atoms with van der Waals surface area (Å²) >= 11 is 1.74. The fraction of sp³-hybridized carbons (Fsp3) is 0.533. The Morgan fingerprint density at radius 2 is 2.17 bits per heavy atom. The van der Waals surface area contributed by atoms with Crippen molar-refractivity contribution in [3.63, 3.8) is 0 Å². The maximum absolute atomic E-state index is 11.3. The molecular formula is C15H20O2S. The van der Waals surface area contributed by atoms with Gasteiger partial charge in [-0.2, -0.15) is 0 Å². The molecule has 0 heterocycles. The molecule has 3 atom stereocenters. The number of hydrogen-bond acceptors (Lipinski definition) is 2. The predicted molar refractivity (Wildman–Crippen MR) is 75.0 cm³/mol. The zero-order valence-electron chi connectivity index (χ0n) is 10.9. The van der Waals surface area contributed by atoms with Crippen LogP contribution in [0, 0.1) is 18.8 Å². The Kier molecular flexibility index (Phi) is 4.33. The summed E-state index contributed by atoms with van der Waals surface area (Å²) in [5.74, 6) is -0.179. The third kappa shape index (κ3) is 3.29. The van der Waals surface area contributed by atoms with Crippen molar-refractivity contribution in [1.82, 2.24) is 0 Å². The van der Waals surface area contributed by atoms with Crippen molar-refractivity contribution in [1.29, 1.82) is 0 Å². The van der Waals surface area contributed by atoms with Gasteiger partial charge in [0.05, 0.1) is 5.92 Å². The Labute approximate surface area is 113 Å². The predicted octanol–water partition coefficient (Wildman–Crippen LogP) is 3.98. The SMILES string of the molecule is Cc1cccc(SC2CC(C)CCC2C(=O)O)c1. The summed E-state index contributed by atoms with van der Waals surface area (Å²) in [4.78, 5) is 12.5. The lowest BCUT2D eigenvalue weighted by atomic mass is 9.82. The van der Waals surface area contributed by atoms with Crippen molar-refractivity contribution in [2.75, 3.05) is 0 Å². The van der Waals surface area contributed by atoms with Crippen molar-refractivity contribution in [2.45, 2.75) is 43.3 Å². The molecular weight excluding hydrogens is 244 g/mol. The number of thioether (sulfide) groups is 1. The van der Waals surface area contributed by atoms with E-state index in [0.717, 1.165) is 19.3 Å². The van der Waals surface area contributed by atoms with Gasteiger partial charge in [0.2, 0.25) is 0 Å². The Balaban J connectivity index is 2.11. The summed E-state index contributed by atoms with van der Waals surface area (Å²) in [5.41, 5.74) is 1.23. The average Bonchev–Trinajstić information content (AvgIpc) is 2.28. The molecule has 2 rings (SSSR count). The maximum Gasteiger partial charge on any atom is 0.307 e. The van der Waals surface area contributed by atoms with E-state index in [4.69, 9.17) is 0 Å². The maximum atomic E-state index is 11.3. The minimum Gasteiger partial charge on any atom is -0.481 e. The number of rotatable bonds is 3. The molecule has 0 saturated heterocycles. The van der Waals surface area contributed by atoms with Gasteiger partial charge in [-0.1, -0.05) is 24.6 Å². The van der Waals surface area contributed by atoms with E-state index in [1.54, 1.807) is 11.8 Å². The van der Waals surface area contributed by atoms with Crippen LogP contribution in [0.3, 0.4) is 0 Å². The topological polar surface area (TPSA) is 37.3 Å². The smallest absolute Gasteiger partial charge is 0.307 e. The van der Waals surface area contributed by atoms with Crippen molar-refractivity contribution in [3.05, 3.63) is 29.8 Å². The molecule has 1 aliphatic rings. The molecule has 0 aliphatic heterocycles. The van der Waals surface area contributed by atoms with Crippen LogP contribution in [0.15, 0.2) is 29.2 Å². The van der Waals surface area contributed by atoms with Crippen LogP contribution in [-0.4, -0.2) is 16.3 Å². The minimum absolute atomic E-state index is 0.188. The second-order valence-electron chi connectivity index (χ2n) is 5.34. The highest BCUT2D eigenvalue weighted by Gasteiger charge is 2.34. The molecule has 1 aromatic rings. The van der Waals surface area contributed by atoms with Crippen LogP contribution >= 0.6 is 11.8 Å². The number of aliphatic carboxylic acids is 1. The van der Waals surface area contributed by atoms with Gasteiger partial charge in [0, 0.05) is 10.1 Å². The van der Waals surface area contributed by atoms with Gasteiger partial charge < -0.3 is 5.11 Å². The summed E-state index contributed by atoms with van der Waals surface area (Å²) < 4.78 is 0. The monoisotopic (exact) mass is 264 g/mol. The van der Waals surface area contributed by atoms with Gasteiger partial charge in [-0.15, -0.1) is 11.8 Å². The summed E-state index contributed by atoms with van der Waals surface area (Å²) in [7, 11) is 0. The Morgan fingerprint density at radius 1 is 1.39 bits per heavy atom. The van der Waals surface area contributed by atoms with E-state index in [0.29, 0.717) is 5.92 Å². The van der Waals surface area contributed by atoms with Gasteiger partial charge in [0.25, 0.3) is 0 Å². The zero-order chi connectivity index (χ0) is 13.1. The third-order valence-electron chi connectivity index (χ3n) is 3.65. The van der Waals surface area contributed by atoms with Crippen LogP contribution in [0.2, 0.25) is 0 Å². The van der Waals surface area contributed by atoms with E-state index in [2.05, 4.69) is 32.0 Å². The number of carboxylic acids is 1. The quantitative estimate of drug-likeness (QED) is 0.897. The van der Waals surface area contributed by atoms with E-state index < -0.39 is 5.97 Å². The van der Waals surface area contributed by atoms with Gasteiger partial charge in [0.15, 0.2) is 0 Å². The first-order valence-corrected chi connectivity index (χ1v) is 7.40. The molecule has 1 fully saturated rings. The van der Waals surface area contributed by atoms with Crippen molar-refractivity contribution < 1.29 is 9.90 Å². The summed E-state index contributed by atoms with van der Waals surface area (Å²) in [6.07, 6.45) is 2.87. The molecule has 0 aromatic heterocycles. The zero-order valence-corrected chi connectivity index (χ0v) is 11.7. The molecule has 0 bridgehead atoms. The number of carboxylic acid groups (broad SMARTS) is 1. The standard InChI is InChI=1S/C15H20O2S/c1-10-4-3-5-12(8-10)18-14-9-11(2)6-7-13(14)15(16)17/h3-5,8,11,13-14H,6-7,9H2,1-2H3,(H,16,17). The number of hydrogen-bond donors (Lipinski definition) is 1.